The molecule has 3 aliphatic rings. The normalized spacial score (nSPS) is 28.7. The van der Waals surface area contributed by atoms with Gasteiger partial charge in [0, 0.05) is 26.2 Å². The SMILES string of the molecule is O=C1N(CC2CC2)CC[C@]12CCCN(c1ncc(F)cn1)C2. The van der Waals surface area contributed by atoms with E-state index in [2.05, 4.69) is 14.9 Å². The van der Waals surface area contributed by atoms with Crippen molar-refractivity contribution in [2.24, 2.45) is 11.3 Å². The zero-order chi connectivity index (χ0) is 15.2. The van der Waals surface area contributed by atoms with Crippen LogP contribution in [0.25, 0.3) is 0 Å². The van der Waals surface area contributed by atoms with Crippen molar-refractivity contribution in [1.29, 1.82) is 0 Å². The van der Waals surface area contributed by atoms with Crippen LogP contribution in [0.2, 0.25) is 0 Å². The van der Waals surface area contributed by atoms with Crippen LogP contribution in [0.3, 0.4) is 0 Å². The van der Waals surface area contributed by atoms with E-state index in [-0.39, 0.29) is 5.41 Å². The number of anilines is 1. The van der Waals surface area contributed by atoms with Crippen LogP contribution in [0.5, 0.6) is 0 Å². The Kier molecular flexibility index (Phi) is 3.27. The molecule has 22 heavy (non-hydrogen) atoms. The Morgan fingerprint density at radius 1 is 1.23 bits per heavy atom. The lowest BCUT2D eigenvalue weighted by Gasteiger charge is -2.39. The Hall–Kier alpha value is -1.72. The fourth-order valence-corrected chi connectivity index (χ4v) is 3.83. The van der Waals surface area contributed by atoms with Gasteiger partial charge in [0.05, 0.1) is 17.8 Å². The Labute approximate surface area is 129 Å². The molecule has 0 N–H and O–H groups in total. The summed E-state index contributed by atoms with van der Waals surface area (Å²) in [6.07, 6.45) is 7.77. The molecule has 4 rings (SSSR count). The number of likely N-dealkylation sites (tertiary alicyclic amines) is 1. The number of rotatable bonds is 3. The van der Waals surface area contributed by atoms with Crippen LogP contribution in [0.15, 0.2) is 12.4 Å². The van der Waals surface area contributed by atoms with Crippen molar-refractivity contribution in [2.75, 3.05) is 31.1 Å². The molecule has 1 atom stereocenters. The third-order valence-corrected chi connectivity index (χ3v) is 5.24. The summed E-state index contributed by atoms with van der Waals surface area (Å²) in [5.41, 5.74) is -0.273. The van der Waals surface area contributed by atoms with Crippen molar-refractivity contribution in [1.82, 2.24) is 14.9 Å². The molecule has 5 nitrogen and oxygen atoms in total. The van der Waals surface area contributed by atoms with E-state index in [1.807, 2.05) is 4.90 Å². The first-order chi connectivity index (χ1) is 10.7. The molecule has 0 unspecified atom stereocenters. The molecule has 0 bridgehead atoms. The lowest BCUT2D eigenvalue weighted by atomic mass is 9.78. The molecule has 2 saturated heterocycles. The van der Waals surface area contributed by atoms with Crippen LogP contribution >= 0.6 is 0 Å². The van der Waals surface area contributed by atoms with Gasteiger partial charge in [-0.15, -0.1) is 0 Å². The highest BCUT2D eigenvalue weighted by molar-refractivity contribution is 5.85. The maximum atomic E-state index is 13.0. The van der Waals surface area contributed by atoms with E-state index in [4.69, 9.17) is 0 Å². The monoisotopic (exact) mass is 304 g/mol. The van der Waals surface area contributed by atoms with Crippen molar-refractivity contribution in [3.63, 3.8) is 0 Å². The lowest BCUT2D eigenvalue weighted by Crippen LogP contribution is -2.48. The second-order valence-electron chi connectivity index (χ2n) is 6.95. The van der Waals surface area contributed by atoms with Gasteiger partial charge in [-0.3, -0.25) is 4.79 Å². The van der Waals surface area contributed by atoms with E-state index in [0.717, 1.165) is 44.8 Å². The van der Waals surface area contributed by atoms with E-state index in [9.17, 15) is 9.18 Å². The first-order valence-electron chi connectivity index (χ1n) is 8.18. The summed E-state index contributed by atoms with van der Waals surface area (Å²) in [7, 11) is 0. The van der Waals surface area contributed by atoms with Crippen molar-refractivity contribution < 1.29 is 9.18 Å². The van der Waals surface area contributed by atoms with Gasteiger partial charge in [0.25, 0.3) is 0 Å². The van der Waals surface area contributed by atoms with Crippen molar-refractivity contribution in [3.05, 3.63) is 18.2 Å². The standard InChI is InChI=1S/C16H21FN4O/c17-13-8-18-15(19-9-13)21-6-1-4-16(11-21)5-7-20(14(16)22)10-12-2-3-12/h8-9,12H,1-7,10-11H2/t16-/m0/s1. The topological polar surface area (TPSA) is 49.3 Å². The minimum Gasteiger partial charge on any atom is -0.342 e. The molecule has 1 aliphatic carbocycles. The van der Waals surface area contributed by atoms with Gasteiger partial charge in [-0.1, -0.05) is 0 Å². The van der Waals surface area contributed by atoms with Gasteiger partial charge in [-0.05, 0) is 38.0 Å². The number of halogens is 1. The minimum atomic E-state index is -0.428. The van der Waals surface area contributed by atoms with Crippen molar-refractivity contribution in [2.45, 2.75) is 32.1 Å². The van der Waals surface area contributed by atoms with E-state index >= 15 is 0 Å². The maximum absolute atomic E-state index is 13.0. The van der Waals surface area contributed by atoms with Crippen molar-refractivity contribution in [3.8, 4) is 0 Å². The Bertz CT molecular complexity index is 574. The molecule has 1 aromatic rings. The molecular weight excluding hydrogens is 283 g/mol. The largest absolute Gasteiger partial charge is 0.342 e. The lowest BCUT2D eigenvalue weighted by molar-refractivity contribution is -0.136. The number of hydrogen-bond donors (Lipinski definition) is 0. The molecule has 0 aromatic carbocycles. The van der Waals surface area contributed by atoms with E-state index in [1.54, 1.807) is 0 Å². The van der Waals surface area contributed by atoms with Gasteiger partial charge < -0.3 is 9.80 Å². The molecule has 2 aliphatic heterocycles. The minimum absolute atomic E-state index is 0.273. The zero-order valence-corrected chi connectivity index (χ0v) is 12.7. The molecule has 3 fully saturated rings. The number of amides is 1. The van der Waals surface area contributed by atoms with Gasteiger partial charge in [0.15, 0.2) is 5.82 Å². The number of piperidine rings is 1. The summed E-state index contributed by atoms with van der Waals surface area (Å²) < 4.78 is 13.0. The average molecular weight is 304 g/mol. The Balaban J connectivity index is 1.50. The van der Waals surface area contributed by atoms with Crippen molar-refractivity contribution >= 4 is 11.9 Å². The van der Waals surface area contributed by atoms with E-state index < -0.39 is 5.82 Å². The number of nitrogens with zero attached hydrogens (tertiary/aromatic N) is 4. The summed E-state index contributed by atoms with van der Waals surface area (Å²) >= 11 is 0. The third kappa shape index (κ3) is 2.44. The molecule has 3 heterocycles. The number of aromatic nitrogens is 2. The first-order valence-corrected chi connectivity index (χ1v) is 8.18. The molecule has 6 heteroatoms. The van der Waals surface area contributed by atoms with Gasteiger partial charge in [0.2, 0.25) is 11.9 Å². The van der Waals surface area contributed by atoms with Crippen LogP contribution in [0.1, 0.15) is 32.1 Å². The molecule has 1 aromatic heterocycles. The molecule has 118 valence electrons. The molecule has 0 radical (unpaired) electrons. The maximum Gasteiger partial charge on any atom is 0.230 e. The second-order valence-corrected chi connectivity index (χ2v) is 6.95. The fourth-order valence-electron chi connectivity index (χ4n) is 3.83. The summed E-state index contributed by atoms with van der Waals surface area (Å²) in [6, 6.07) is 0. The molecule has 1 spiro atoms. The second kappa shape index (κ2) is 5.18. The number of carbonyl (C=O) groups excluding carboxylic acids is 1. The van der Waals surface area contributed by atoms with E-state index in [0.29, 0.717) is 18.4 Å². The highest BCUT2D eigenvalue weighted by Gasteiger charge is 2.49. The smallest absolute Gasteiger partial charge is 0.230 e. The Morgan fingerprint density at radius 2 is 2.00 bits per heavy atom. The van der Waals surface area contributed by atoms with Crippen LogP contribution in [-0.2, 0) is 4.79 Å². The van der Waals surface area contributed by atoms with Crippen LogP contribution in [0.4, 0.5) is 10.3 Å². The van der Waals surface area contributed by atoms with E-state index in [1.165, 1.54) is 25.2 Å². The summed E-state index contributed by atoms with van der Waals surface area (Å²) in [4.78, 5) is 25.1. The molecule has 1 saturated carbocycles. The predicted molar refractivity (Wildman–Crippen MR) is 79.8 cm³/mol. The zero-order valence-electron chi connectivity index (χ0n) is 12.7. The summed E-state index contributed by atoms with van der Waals surface area (Å²) in [5.74, 6) is 1.15. The molecule has 1 amide bonds. The van der Waals surface area contributed by atoms with Gasteiger partial charge in [-0.2, -0.15) is 0 Å². The first kappa shape index (κ1) is 13.9. The third-order valence-electron chi connectivity index (χ3n) is 5.24. The van der Waals surface area contributed by atoms with Crippen LogP contribution < -0.4 is 4.90 Å². The quantitative estimate of drug-likeness (QED) is 0.855. The number of hydrogen-bond acceptors (Lipinski definition) is 4. The van der Waals surface area contributed by atoms with Crippen LogP contribution in [-0.4, -0.2) is 47.0 Å². The summed E-state index contributed by atoms with van der Waals surface area (Å²) in [6.45, 7) is 3.32. The summed E-state index contributed by atoms with van der Waals surface area (Å²) in [5, 5.41) is 0. The van der Waals surface area contributed by atoms with Gasteiger partial charge in [0.1, 0.15) is 0 Å². The van der Waals surface area contributed by atoms with Gasteiger partial charge >= 0.3 is 0 Å². The average Bonchev–Trinajstić information content (AvgIpc) is 3.31. The Morgan fingerprint density at radius 3 is 2.73 bits per heavy atom. The molecular formula is C16H21FN4O. The van der Waals surface area contributed by atoms with Gasteiger partial charge in [-0.25, -0.2) is 14.4 Å². The highest BCUT2D eigenvalue weighted by atomic mass is 19.1. The fraction of sp³-hybridized carbons (Fsp3) is 0.688. The van der Waals surface area contributed by atoms with Crippen LogP contribution in [0, 0.1) is 17.2 Å². The number of carbonyl (C=O) groups is 1. The predicted octanol–water partition coefficient (Wildman–Crippen LogP) is 1.84. The highest BCUT2D eigenvalue weighted by Crippen LogP contribution is 2.42.